The molecule has 0 saturated carbocycles. The lowest BCUT2D eigenvalue weighted by Crippen LogP contribution is -2.24. The van der Waals surface area contributed by atoms with Gasteiger partial charge in [-0.05, 0) is 24.6 Å². The number of allylic oxidation sites excluding steroid dienone is 2. The molecule has 22 heavy (non-hydrogen) atoms. The van der Waals surface area contributed by atoms with Crippen molar-refractivity contribution in [1.82, 2.24) is 9.97 Å². The van der Waals surface area contributed by atoms with Gasteiger partial charge in [-0.1, -0.05) is 35.9 Å². The summed E-state index contributed by atoms with van der Waals surface area (Å²) in [5, 5.41) is 0. The second-order valence-corrected chi connectivity index (χ2v) is 5.55. The van der Waals surface area contributed by atoms with E-state index in [2.05, 4.69) is 69.4 Å². The van der Waals surface area contributed by atoms with Crippen molar-refractivity contribution in [3.8, 4) is 11.3 Å². The summed E-state index contributed by atoms with van der Waals surface area (Å²) < 4.78 is 0. The molecule has 0 bridgehead atoms. The van der Waals surface area contributed by atoms with Crippen LogP contribution in [0.2, 0.25) is 0 Å². The number of aromatic amines is 1. The van der Waals surface area contributed by atoms with Gasteiger partial charge in [0, 0.05) is 18.0 Å². The van der Waals surface area contributed by atoms with Gasteiger partial charge in [-0.2, -0.15) is 0 Å². The average Bonchev–Trinajstić information content (AvgIpc) is 3.04. The van der Waals surface area contributed by atoms with E-state index < -0.39 is 0 Å². The zero-order valence-corrected chi connectivity index (χ0v) is 12.3. The van der Waals surface area contributed by atoms with Gasteiger partial charge in [0.2, 0.25) is 0 Å². The number of aryl methyl sites for hydroxylation is 1. The van der Waals surface area contributed by atoms with Gasteiger partial charge in [0.25, 0.3) is 0 Å². The Bertz CT molecular complexity index is 823. The molecular formula is C18H16N4. The van der Waals surface area contributed by atoms with Crippen LogP contribution in [-0.2, 0) is 0 Å². The molecule has 1 aromatic heterocycles. The fraction of sp³-hybridized carbons (Fsp3) is 0.167. The number of hydrogen-bond acceptors (Lipinski definition) is 3. The standard InChI is InChI=1S/C18H16N4/c1-12-3-2-4-13(9-12)17-18(22-11-21-17)14-5-6-15-16(10-14)20-8-7-19-15/h2-11,15-16H,1H3,(H,21,22). The Labute approximate surface area is 129 Å². The average molecular weight is 288 g/mol. The van der Waals surface area contributed by atoms with E-state index in [1.807, 2.05) is 0 Å². The number of hydrogen-bond donors (Lipinski definition) is 1. The minimum Gasteiger partial charge on any atom is -0.344 e. The molecule has 2 aliphatic rings. The molecule has 4 nitrogen and oxygen atoms in total. The van der Waals surface area contributed by atoms with Crippen molar-refractivity contribution in [3.05, 3.63) is 60.1 Å². The number of nitrogens with zero attached hydrogens (tertiary/aromatic N) is 3. The highest BCUT2D eigenvalue weighted by Gasteiger charge is 2.22. The van der Waals surface area contributed by atoms with E-state index in [-0.39, 0.29) is 12.1 Å². The van der Waals surface area contributed by atoms with Gasteiger partial charge in [0.05, 0.1) is 29.8 Å². The molecule has 1 aliphatic heterocycles. The monoisotopic (exact) mass is 288 g/mol. The number of nitrogens with one attached hydrogen (secondary N) is 1. The van der Waals surface area contributed by atoms with Crippen molar-refractivity contribution in [1.29, 1.82) is 0 Å². The molecule has 108 valence electrons. The molecule has 0 saturated heterocycles. The van der Waals surface area contributed by atoms with Crippen LogP contribution >= 0.6 is 0 Å². The summed E-state index contributed by atoms with van der Waals surface area (Å²) in [7, 11) is 0. The number of aromatic nitrogens is 2. The summed E-state index contributed by atoms with van der Waals surface area (Å²) >= 11 is 0. The minimum absolute atomic E-state index is 0.0821. The van der Waals surface area contributed by atoms with Gasteiger partial charge in [-0.3, -0.25) is 9.98 Å². The highest BCUT2D eigenvalue weighted by molar-refractivity contribution is 6.16. The molecule has 2 aromatic rings. The van der Waals surface area contributed by atoms with E-state index >= 15 is 0 Å². The first-order chi connectivity index (χ1) is 10.8. The topological polar surface area (TPSA) is 53.4 Å². The van der Waals surface area contributed by atoms with Crippen LogP contribution in [0.5, 0.6) is 0 Å². The predicted octanol–water partition coefficient (Wildman–Crippen LogP) is 3.23. The summed E-state index contributed by atoms with van der Waals surface area (Å²) in [5.41, 5.74) is 5.47. The summed E-state index contributed by atoms with van der Waals surface area (Å²) in [6, 6.07) is 8.60. The Balaban J connectivity index is 1.75. The zero-order valence-electron chi connectivity index (χ0n) is 12.3. The van der Waals surface area contributed by atoms with Gasteiger partial charge in [0.1, 0.15) is 0 Å². The predicted molar refractivity (Wildman–Crippen MR) is 90.4 cm³/mol. The quantitative estimate of drug-likeness (QED) is 0.906. The van der Waals surface area contributed by atoms with E-state index in [0.29, 0.717) is 0 Å². The van der Waals surface area contributed by atoms with Crippen LogP contribution in [0.25, 0.3) is 16.8 Å². The molecule has 0 amide bonds. The van der Waals surface area contributed by atoms with E-state index in [4.69, 9.17) is 0 Å². The highest BCUT2D eigenvalue weighted by Crippen LogP contribution is 2.30. The number of imidazole rings is 1. The van der Waals surface area contributed by atoms with Crippen molar-refractivity contribution < 1.29 is 0 Å². The van der Waals surface area contributed by atoms with Gasteiger partial charge in [0.15, 0.2) is 0 Å². The number of rotatable bonds is 2. The first kappa shape index (κ1) is 13.0. The third-order valence-electron chi connectivity index (χ3n) is 3.98. The fourth-order valence-corrected chi connectivity index (χ4v) is 2.89. The number of benzene rings is 1. The molecule has 0 spiro atoms. The smallest absolute Gasteiger partial charge is 0.0960 e. The lowest BCUT2D eigenvalue weighted by atomic mass is 9.94. The second-order valence-electron chi connectivity index (χ2n) is 5.55. The Morgan fingerprint density at radius 1 is 1.09 bits per heavy atom. The molecule has 0 fully saturated rings. The maximum absolute atomic E-state index is 4.51. The van der Waals surface area contributed by atoms with Crippen molar-refractivity contribution in [2.45, 2.75) is 19.0 Å². The maximum Gasteiger partial charge on any atom is 0.0960 e. The summed E-state index contributed by atoms with van der Waals surface area (Å²) in [6.07, 6.45) is 11.6. The lowest BCUT2D eigenvalue weighted by molar-refractivity contribution is 0.705. The number of fused-ring (bicyclic) bond motifs is 1. The normalized spacial score (nSPS) is 22.5. The van der Waals surface area contributed by atoms with Crippen molar-refractivity contribution in [2.24, 2.45) is 9.98 Å². The van der Waals surface area contributed by atoms with Crippen molar-refractivity contribution in [3.63, 3.8) is 0 Å². The highest BCUT2D eigenvalue weighted by atomic mass is 14.9. The van der Waals surface area contributed by atoms with Crippen LogP contribution in [0.3, 0.4) is 0 Å². The molecule has 2 unspecified atom stereocenters. The van der Waals surface area contributed by atoms with Crippen molar-refractivity contribution in [2.75, 3.05) is 0 Å². The van der Waals surface area contributed by atoms with Crippen LogP contribution in [0.1, 0.15) is 11.3 Å². The summed E-state index contributed by atoms with van der Waals surface area (Å²) in [4.78, 5) is 16.7. The zero-order chi connectivity index (χ0) is 14.9. The Morgan fingerprint density at radius 2 is 1.95 bits per heavy atom. The summed E-state index contributed by atoms with van der Waals surface area (Å²) in [6.45, 7) is 2.09. The molecule has 1 aromatic carbocycles. The maximum atomic E-state index is 4.51. The molecule has 2 heterocycles. The van der Waals surface area contributed by atoms with E-state index in [1.165, 1.54) is 5.56 Å². The van der Waals surface area contributed by atoms with E-state index in [1.54, 1.807) is 18.8 Å². The van der Waals surface area contributed by atoms with Crippen LogP contribution in [0, 0.1) is 6.92 Å². The number of H-pyrrole nitrogens is 1. The summed E-state index contributed by atoms with van der Waals surface area (Å²) in [5.74, 6) is 0. The second kappa shape index (κ2) is 5.22. The van der Waals surface area contributed by atoms with Crippen LogP contribution < -0.4 is 0 Å². The lowest BCUT2D eigenvalue weighted by Gasteiger charge is -2.21. The molecule has 4 rings (SSSR count). The Kier molecular flexibility index (Phi) is 3.07. The Morgan fingerprint density at radius 3 is 2.82 bits per heavy atom. The van der Waals surface area contributed by atoms with Crippen LogP contribution in [0.15, 0.2) is 58.8 Å². The molecule has 4 heteroatoms. The molecular weight excluding hydrogens is 272 g/mol. The largest absolute Gasteiger partial charge is 0.344 e. The fourth-order valence-electron chi connectivity index (χ4n) is 2.89. The third kappa shape index (κ3) is 2.22. The minimum atomic E-state index is 0.0821. The molecule has 1 aliphatic carbocycles. The van der Waals surface area contributed by atoms with Gasteiger partial charge >= 0.3 is 0 Å². The third-order valence-corrected chi connectivity index (χ3v) is 3.98. The van der Waals surface area contributed by atoms with Gasteiger partial charge in [-0.25, -0.2) is 4.98 Å². The Hall–Kier alpha value is -2.75. The SMILES string of the molecule is Cc1cccc(-c2nc[nH]c2C2=CC3N=CC=NC3C=C2)c1. The van der Waals surface area contributed by atoms with E-state index in [9.17, 15) is 0 Å². The molecule has 1 N–H and O–H groups in total. The van der Waals surface area contributed by atoms with Gasteiger partial charge < -0.3 is 4.98 Å². The molecule has 0 radical (unpaired) electrons. The van der Waals surface area contributed by atoms with Gasteiger partial charge in [-0.15, -0.1) is 0 Å². The molecule has 2 atom stereocenters. The van der Waals surface area contributed by atoms with E-state index in [0.717, 1.165) is 22.5 Å². The first-order valence-corrected chi connectivity index (χ1v) is 7.37. The van der Waals surface area contributed by atoms with Crippen LogP contribution in [-0.4, -0.2) is 34.5 Å². The first-order valence-electron chi connectivity index (χ1n) is 7.37. The van der Waals surface area contributed by atoms with Crippen molar-refractivity contribution >= 4 is 18.0 Å². The number of aliphatic imine (C=N–C) groups is 2. The van der Waals surface area contributed by atoms with Crippen LogP contribution in [0.4, 0.5) is 0 Å².